The van der Waals surface area contributed by atoms with Crippen molar-refractivity contribution in [2.24, 2.45) is 5.92 Å². The first-order chi connectivity index (χ1) is 15.1. The number of amides is 1. The summed E-state index contributed by atoms with van der Waals surface area (Å²) in [6.45, 7) is 2.03. The molecule has 0 atom stereocenters. The zero-order valence-electron chi connectivity index (χ0n) is 18.1. The number of fused-ring (bicyclic) bond motifs is 1. The van der Waals surface area contributed by atoms with Gasteiger partial charge in [0.1, 0.15) is 5.82 Å². The molecule has 1 aromatic heterocycles. The van der Waals surface area contributed by atoms with Crippen molar-refractivity contribution in [2.75, 3.05) is 12.4 Å². The molecule has 31 heavy (non-hydrogen) atoms. The van der Waals surface area contributed by atoms with Crippen LogP contribution in [0.2, 0.25) is 0 Å². The molecule has 4 rings (SSSR count). The first-order valence-corrected chi connectivity index (χ1v) is 11.0. The number of hydrogen-bond donors (Lipinski definition) is 1. The Balaban J connectivity index is 1.57. The number of benzene rings is 2. The van der Waals surface area contributed by atoms with E-state index in [9.17, 15) is 9.59 Å². The smallest absolute Gasteiger partial charge is 0.256 e. The van der Waals surface area contributed by atoms with Gasteiger partial charge in [-0.3, -0.25) is 9.59 Å². The first-order valence-electron chi connectivity index (χ1n) is 11.0. The molecule has 3 aromatic rings. The third-order valence-electron chi connectivity index (χ3n) is 6.21. The summed E-state index contributed by atoms with van der Waals surface area (Å²) in [6, 6.07) is 16.8. The van der Waals surface area contributed by atoms with Crippen molar-refractivity contribution >= 4 is 28.4 Å². The minimum Gasteiger partial charge on any atom is -0.381 e. The van der Waals surface area contributed by atoms with Crippen LogP contribution in [0.15, 0.2) is 54.6 Å². The molecular weight excluding hydrogens is 388 g/mol. The van der Waals surface area contributed by atoms with Crippen LogP contribution in [0.5, 0.6) is 0 Å². The molecule has 1 heterocycles. The number of Topliss-reactive ketones (excluding diaryl/α,β-unsaturated/α-hetero) is 1. The average molecular weight is 417 g/mol. The molecular formula is C26H28N2O3. The number of carbonyl (C=O) groups is 2. The predicted octanol–water partition coefficient (Wildman–Crippen LogP) is 5.44. The van der Waals surface area contributed by atoms with Crippen LogP contribution in [0, 0.1) is 5.92 Å². The van der Waals surface area contributed by atoms with E-state index in [4.69, 9.17) is 4.74 Å². The number of methoxy groups -OCH3 is 1. The van der Waals surface area contributed by atoms with Crippen LogP contribution in [0.25, 0.3) is 10.9 Å². The van der Waals surface area contributed by atoms with Gasteiger partial charge in [0.25, 0.3) is 5.91 Å². The van der Waals surface area contributed by atoms with E-state index in [0.717, 1.165) is 54.1 Å². The molecule has 1 aliphatic carbocycles. The minimum atomic E-state index is -0.180. The van der Waals surface area contributed by atoms with E-state index >= 15 is 0 Å². The standard InChI is InChI=1S/C26H28N2O3/c1-3-17-15-21-16-20(24(29)18-9-12-22(31-2)13-10-18)11-14-23(21)27-25(17)28-26(30)19-7-5-4-6-8-19/h4-8,11,14-16,18,22H,3,9-10,12-13H2,1-2H3,(H,27,28,30). The highest BCUT2D eigenvalue weighted by Gasteiger charge is 2.27. The van der Waals surface area contributed by atoms with Crippen LogP contribution in [-0.2, 0) is 11.2 Å². The van der Waals surface area contributed by atoms with Crippen molar-refractivity contribution in [3.05, 3.63) is 71.3 Å². The fraction of sp³-hybridized carbons (Fsp3) is 0.346. The number of rotatable bonds is 6. The molecule has 1 fully saturated rings. The van der Waals surface area contributed by atoms with E-state index in [1.165, 1.54) is 0 Å². The molecule has 0 saturated heterocycles. The van der Waals surface area contributed by atoms with Gasteiger partial charge < -0.3 is 10.1 Å². The van der Waals surface area contributed by atoms with Crippen molar-refractivity contribution in [2.45, 2.75) is 45.1 Å². The number of carbonyl (C=O) groups excluding carboxylic acids is 2. The zero-order chi connectivity index (χ0) is 21.8. The fourth-order valence-corrected chi connectivity index (χ4v) is 4.32. The molecule has 1 saturated carbocycles. The van der Waals surface area contributed by atoms with Gasteiger partial charge in [0.2, 0.25) is 0 Å². The number of anilines is 1. The molecule has 0 radical (unpaired) electrons. The third kappa shape index (κ3) is 4.67. The van der Waals surface area contributed by atoms with Gasteiger partial charge in [-0.05, 0) is 74.1 Å². The van der Waals surface area contributed by atoms with Crippen LogP contribution in [-0.4, -0.2) is 29.9 Å². The lowest BCUT2D eigenvalue weighted by Gasteiger charge is -2.26. The predicted molar refractivity (Wildman–Crippen MR) is 123 cm³/mol. The van der Waals surface area contributed by atoms with E-state index in [-0.39, 0.29) is 23.7 Å². The summed E-state index contributed by atoms with van der Waals surface area (Å²) in [4.78, 5) is 30.3. The second-order valence-corrected chi connectivity index (χ2v) is 8.15. The van der Waals surface area contributed by atoms with Gasteiger partial charge in [0, 0.05) is 29.5 Å². The maximum absolute atomic E-state index is 13.0. The molecule has 5 nitrogen and oxygen atoms in total. The molecule has 2 aromatic carbocycles. The van der Waals surface area contributed by atoms with Crippen LogP contribution < -0.4 is 5.32 Å². The van der Waals surface area contributed by atoms with Gasteiger partial charge in [-0.2, -0.15) is 0 Å². The second-order valence-electron chi connectivity index (χ2n) is 8.15. The van der Waals surface area contributed by atoms with Crippen molar-refractivity contribution in [3.8, 4) is 0 Å². The first kappa shape index (κ1) is 21.2. The number of pyridine rings is 1. The fourth-order valence-electron chi connectivity index (χ4n) is 4.32. The quantitative estimate of drug-likeness (QED) is 0.544. The lowest BCUT2D eigenvalue weighted by Crippen LogP contribution is -2.25. The van der Waals surface area contributed by atoms with E-state index in [1.54, 1.807) is 19.2 Å². The van der Waals surface area contributed by atoms with Gasteiger partial charge in [0.05, 0.1) is 11.6 Å². The monoisotopic (exact) mass is 416 g/mol. The largest absolute Gasteiger partial charge is 0.381 e. The number of aryl methyl sites for hydroxylation is 1. The highest BCUT2D eigenvalue weighted by molar-refractivity contribution is 6.05. The van der Waals surface area contributed by atoms with Crippen LogP contribution >= 0.6 is 0 Å². The van der Waals surface area contributed by atoms with Crippen molar-refractivity contribution in [3.63, 3.8) is 0 Å². The van der Waals surface area contributed by atoms with E-state index < -0.39 is 0 Å². The van der Waals surface area contributed by atoms with E-state index in [2.05, 4.69) is 10.3 Å². The number of ketones is 1. The number of nitrogens with one attached hydrogen (secondary N) is 1. The Kier molecular flexibility index (Phi) is 6.42. The summed E-state index contributed by atoms with van der Waals surface area (Å²) in [6.07, 6.45) is 4.63. The van der Waals surface area contributed by atoms with Gasteiger partial charge in [-0.15, -0.1) is 0 Å². The lowest BCUT2D eigenvalue weighted by atomic mass is 9.82. The lowest BCUT2D eigenvalue weighted by molar-refractivity contribution is 0.0519. The Morgan fingerprint density at radius 1 is 1.00 bits per heavy atom. The number of hydrogen-bond acceptors (Lipinski definition) is 4. The summed E-state index contributed by atoms with van der Waals surface area (Å²) in [5.74, 6) is 0.657. The number of aromatic nitrogens is 1. The molecule has 160 valence electrons. The summed E-state index contributed by atoms with van der Waals surface area (Å²) in [5, 5.41) is 3.86. The molecule has 0 aliphatic heterocycles. The normalized spacial score (nSPS) is 18.6. The maximum Gasteiger partial charge on any atom is 0.256 e. The number of nitrogens with zero attached hydrogens (tertiary/aromatic N) is 1. The van der Waals surface area contributed by atoms with Gasteiger partial charge >= 0.3 is 0 Å². The molecule has 5 heteroatoms. The summed E-state index contributed by atoms with van der Waals surface area (Å²) < 4.78 is 5.43. The van der Waals surface area contributed by atoms with E-state index in [0.29, 0.717) is 11.4 Å². The van der Waals surface area contributed by atoms with Crippen molar-refractivity contribution < 1.29 is 14.3 Å². The SMILES string of the molecule is CCc1cc2cc(C(=O)C3CCC(OC)CC3)ccc2nc1NC(=O)c1ccccc1. The Hall–Kier alpha value is -3.05. The Labute approximate surface area is 182 Å². The van der Waals surface area contributed by atoms with Crippen LogP contribution in [0.1, 0.15) is 58.9 Å². The van der Waals surface area contributed by atoms with Gasteiger partial charge in [-0.25, -0.2) is 4.98 Å². The molecule has 1 N–H and O–H groups in total. The Morgan fingerprint density at radius 3 is 2.42 bits per heavy atom. The van der Waals surface area contributed by atoms with Crippen LogP contribution in [0.3, 0.4) is 0 Å². The van der Waals surface area contributed by atoms with Crippen molar-refractivity contribution in [1.29, 1.82) is 0 Å². The number of ether oxygens (including phenoxy) is 1. The van der Waals surface area contributed by atoms with Gasteiger partial charge in [0.15, 0.2) is 5.78 Å². The maximum atomic E-state index is 13.0. The van der Waals surface area contributed by atoms with Gasteiger partial charge in [-0.1, -0.05) is 25.1 Å². The summed E-state index contributed by atoms with van der Waals surface area (Å²) in [7, 11) is 1.74. The van der Waals surface area contributed by atoms with E-state index in [1.807, 2.05) is 49.4 Å². The Morgan fingerprint density at radius 2 is 1.74 bits per heavy atom. The summed E-state index contributed by atoms with van der Waals surface area (Å²) >= 11 is 0. The summed E-state index contributed by atoms with van der Waals surface area (Å²) in [5.41, 5.74) is 3.04. The molecule has 0 bridgehead atoms. The second kappa shape index (κ2) is 9.40. The zero-order valence-corrected chi connectivity index (χ0v) is 18.1. The molecule has 1 aliphatic rings. The highest BCUT2D eigenvalue weighted by Crippen LogP contribution is 2.30. The topological polar surface area (TPSA) is 68.3 Å². The van der Waals surface area contributed by atoms with Crippen molar-refractivity contribution in [1.82, 2.24) is 4.98 Å². The Bertz CT molecular complexity index is 1090. The highest BCUT2D eigenvalue weighted by atomic mass is 16.5. The molecule has 0 spiro atoms. The molecule has 1 amide bonds. The third-order valence-corrected chi connectivity index (χ3v) is 6.21. The molecule has 0 unspecified atom stereocenters. The average Bonchev–Trinajstić information content (AvgIpc) is 2.83. The minimum absolute atomic E-state index is 0.0619. The van der Waals surface area contributed by atoms with Crippen LogP contribution in [0.4, 0.5) is 5.82 Å².